The van der Waals surface area contributed by atoms with Crippen LogP contribution >= 0.6 is 0 Å². The predicted molar refractivity (Wildman–Crippen MR) is 88.3 cm³/mol. The Morgan fingerprint density at radius 3 is 2.54 bits per heavy atom. The highest BCUT2D eigenvalue weighted by Gasteiger charge is 2.42. The molecule has 2 amide bonds. The van der Waals surface area contributed by atoms with Crippen LogP contribution in [-0.2, 0) is 16.1 Å². The number of hydrogen-bond donors (Lipinski definition) is 1. The quantitative estimate of drug-likeness (QED) is 0.914. The summed E-state index contributed by atoms with van der Waals surface area (Å²) in [4.78, 5) is 28.1. The molecule has 2 fully saturated rings. The van der Waals surface area contributed by atoms with Gasteiger partial charge in [-0.2, -0.15) is 0 Å². The summed E-state index contributed by atoms with van der Waals surface area (Å²) in [5, 5.41) is 9.91. The lowest BCUT2D eigenvalue weighted by atomic mass is 10.1. The smallest absolute Gasteiger partial charge is 0.410 e. The Balaban J connectivity index is 1.61. The topological polar surface area (TPSA) is 70.1 Å². The van der Waals surface area contributed by atoms with Crippen molar-refractivity contribution in [3.8, 4) is 0 Å². The van der Waals surface area contributed by atoms with Crippen molar-refractivity contribution >= 4 is 12.0 Å². The molecule has 0 aromatic heterocycles. The van der Waals surface area contributed by atoms with E-state index in [1.54, 1.807) is 4.90 Å². The van der Waals surface area contributed by atoms with Crippen molar-refractivity contribution < 1.29 is 19.4 Å². The third-order valence-electron chi connectivity index (χ3n) is 4.70. The second kappa shape index (κ2) is 7.21. The molecule has 2 unspecified atom stereocenters. The van der Waals surface area contributed by atoms with Gasteiger partial charge in [0.1, 0.15) is 12.6 Å². The molecule has 24 heavy (non-hydrogen) atoms. The van der Waals surface area contributed by atoms with E-state index in [0.29, 0.717) is 0 Å². The number of aryl methyl sites for hydroxylation is 1. The monoisotopic (exact) mass is 332 g/mol. The van der Waals surface area contributed by atoms with Gasteiger partial charge in [0.25, 0.3) is 0 Å². The van der Waals surface area contributed by atoms with Crippen LogP contribution in [0.3, 0.4) is 0 Å². The van der Waals surface area contributed by atoms with Crippen molar-refractivity contribution in [2.24, 2.45) is 0 Å². The zero-order valence-corrected chi connectivity index (χ0v) is 14.0. The van der Waals surface area contributed by atoms with Crippen LogP contribution in [0, 0.1) is 6.92 Å². The maximum absolute atomic E-state index is 12.6. The van der Waals surface area contributed by atoms with Gasteiger partial charge in [-0.05, 0) is 25.3 Å². The van der Waals surface area contributed by atoms with E-state index in [9.17, 15) is 14.7 Å². The van der Waals surface area contributed by atoms with E-state index < -0.39 is 18.2 Å². The number of rotatable bonds is 3. The Hall–Kier alpha value is -2.08. The summed E-state index contributed by atoms with van der Waals surface area (Å²) in [5.41, 5.74) is 2.04. The molecule has 1 aromatic carbocycles. The average Bonchev–Trinajstić information content (AvgIpc) is 3.23. The van der Waals surface area contributed by atoms with Crippen LogP contribution in [-0.4, -0.2) is 58.7 Å². The number of likely N-dealkylation sites (tertiary alicyclic amines) is 2. The van der Waals surface area contributed by atoms with Crippen LogP contribution in [0.5, 0.6) is 0 Å². The van der Waals surface area contributed by atoms with Crippen LogP contribution in [0.25, 0.3) is 0 Å². The van der Waals surface area contributed by atoms with Crippen molar-refractivity contribution in [3.63, 3.8) is 0 Å². The number of nitrogens with zero attached hydrogens (tertiary/aromatic N) is 2. The van der Waals surface area contributed by atoms with Crippen LogP contribution in [0.15, 0.2) is 24.3 Å². The highest BCUT2D eigenvalue weighted by atomic mass is 16.6. The first-order chi connectivity index (χ1) is 11.5. The van der Waals surface area contributed by atoms with Crippen LogP contribution in [0.4, 0.5) is 4.79 Å². The minimum atomic E-state index is -0.673. The Morgan fingerprint density at radius 1 is 1.21 bits per heavy atom. The molecule has 0 aliphatic carbocycles. The molecule has 0 saturated carbocycles. The second-order valence-electron chi connectivity index (χ2n) is 6.63. The fraction of sp³-hybridized carbons (Fsp3) is 0.556. The number of ether oxygens (including phenoxy) is 1. The van der Waals surface area contributed by atoms with Gasteiger partial charge in [0.15, 0.2) is 0 Å². The fourth-order valence-corrected chi connectivity index (χ4v) is 3.31. The molecule has 1 aromatic rings. The summed E-state index contributed by atoms with van der Waals surface area (Å²) in [6, 6.07) is 7.14. The SMILES string of the molecule is Cc1ccc(COC(=O)N2CC(O)CC2C(=O)N2CCCC2)cc1. The van der Waals surface area contributed by atoms with Crippen LogP contribution < -0.4 is 0 Å². The Labute approximate surface area is 142 Å². The third kappa shape index (κ3) is 3.70. The molecule has 1 N–H and O–H groups in total. The number of carbonyl (C=O) groups is 2. The molecule has 2 heterocycles. The van der Waals surface area contributed by atoms with Crippen molar-refractivity contribution in [3.05, 3.63) is 35.4 Å². The maximum Gasteiger partial charge on any atom is 0.410 e. The molecular weight excluding hydrogens is 308 g/mol. The van der Waals surface area contributed by atoms with E-state index in [-0.39, 0.29) is 25.5 Å². The number of hydrogen-bond acceptors (Lipinski definition) is 4. The number of aliphatic hydroxyl groups is 1. The van der Waals surface area contributed by atoms with Gasteiger partial charge in [-0.15, -0.1) is 0 Å². The van der Waals surface area contributed by atoms with Crippen molar-refractivity contribution in [2.75, 3.05) is 19.6 Å². The number of carbonyl (C=O) groups excluding carboxylic acids is 2. The predicted octanol–water partition coefficient (Wildman–Crippen LogP) is 1.69. The second-order valence-corrected chi connectivity index (χ2v) is 6.63. The van der Waals surface area contributed by atoms with Gasteiger partial charge < -0.3 is 14.7 Å². The van der Waals surface area contributed by atoms with E-state index in [4.69, 9.17) is 4.74 Å². The number of benzene rings is 1. The highest BCUT2D eigenvalue weighted by Crippen LogP contribution is 2.23. The number of β-amino-alcohol motifs (C(OH)–C–C–N with tert-alkyl or cyclic N) is 1. The molecule has 2 aliphatic heterocycles. The third-order valence-corrected chi connectivity index (χ3v) is 4.70. The van der Waals surface area contributed by atoms with Gasteiger partial charge in [-0.25, -0.2) is 4.79 Å². The molecule has 0 spiro atoms. The molecule has 130 valence electrons. The van der Waals surface area contributed by atoms with Crippen LogP contribution in [0.1, 0.15) is 30.4 Å². The Bertz CT molecular complexity index is 596. The van der Waals surface area contributed by atoms with Gasteiger partial charge >= 0.3 is 6.09 Å². The van der Waals surface area contributed by atoms with Gasteiger partial charge in [0.2, 0.25) is 5.91 Å². The molecule has 2 saturated heterocycles. The molecule has 6 heteroatoms. The summed E-state index contributed by atoms with van der Waals surface area (Å²) < 4.78 is 5.35. The zero-order chi connectivity index (χ0) is 17.1. The molecule has 0 radical (unpaired) electrons. The molecule has 2 aliphatic rings. The first-order valence-corrected chi connectivity index (χ1v) is 8.50. The zero-order valence-electron chi connectivity index (χ0n) is 14.0. The Morgan fingerprint density at radius 2 is 1.88 bits per heavy atom. The molecule has 3 rings (SSSR count). The van der Waals surface area contributed by atoms with Gasteiger partial charge in [0.05, 0.1) is 12.6 Å². The first kappa shape index (κ1) is 16.8. The van der Waals surface area contributed by atoms with Gasteiger partial charge in [-0.3, -0.25) is 9.69 Å². The largest absolute Gasteiger partial charge is 0.445 e. The van der Waals surface area contributed by atoms with E-state index in [2.05, 4.69) is 0 Å². The summed E-state index contributed by atoms with van der Waals surface area (Å²) in [6.45, 7) is 3.78. The Kier molecular flexibility index (Phi) is 5.04. The van der Waals surface area contributed by atoms with Crippen molar-refractivity contribution in [2.45, 2.75) is 44.9 Å². The van der Waals surface area contributed by atoms with Crippen molar-refractivity contribution in [1.82, 2.24) is 9.80 Å². The van der Waals surface area contributed by atoms with Gasteiger partial charge in [-0.1, -0.05) is 29.8 Å². The van der Waals surface area contributed by atoms with E-state index in [1.807, 2.05) is 31.2 Å². The fourth-order valence-electron chi connectivity index (χ4n) is 3.31. The van der Waals surface area contributed by atoms with Crippen LogP contribution in [0.2, 0.25) is 0 Å². The average molecular weight is 332 g/mol. The molecule has 6 nitrogen and oxygen atoms in total. The minimum absolute atomic E-state index is 0.0728. The van der Waals surface area contributed by atoms with E-state index >= 15 is 0 Å². The van der Waals surface area contributed by atoms with E-state index in [0.717, 1.165) is 37.1 Å². The number of amides is 2. The lowest BCUT2D eigenvalue weighted by Gasteiger charge is -2.26. The summed E-state index contributed by atoms with van der Waals surface area (Å²) in [7, 11) is 0. The number of aliphatic hydroxyl groups excluding tert-OH is 1. The standard InChI is InChI=1S/C18H24N2O4/c1-13-4-6-14(7-5-13)12-24-18(23)20-11-15(21)10-16(20)17(22)19-8-2-3-9-19/h4-7,15-16,21H,2-3,8-12H2,1H3. The first-order valence-electron chi connectivity index (χ1n) is 8.50. The lowest BCUT2D eigenvalue weighted by Crippen LogP contribution is -2.47. The summed E-state index contributed by atoms with van der Waals surface area (Å²) in [5.74, 6) is -0.0728. The molecule has 2 atom stereocenters. The molecule has 0 bridgehead atoms. The van der Waals surface area contributed by atoms with E-state index in [1.165, 1.54) is 4.90 Å². The molecular formula is C18H24N2O4. The van der Waals surface area contributed by atoms with Crippen molar-refractivity contribution in [1.29, 1.82) is 0 Å². The summed E-state index contributed by atoms with van der Waals surface area (Å²) >= 11 is 0. The highest BCUT2D eigenvalue weighted by molar-refractivity contribution is 5.86. The van der Waals surface area contributed by atoms with Gasteiger partial charge in [0, 0.05) is 19.5 Å². The summed E-state index contributed by atoms with van der Waals surface area (Å²) in [6.07, 6.45) is 1.07. The lowest BCUT2D eigenvalue weighted by molar-refractivity contribution is -0.134. The maximum atomic E-state index is 12.6. The normalized spacial score (nSPS) is 23.6. The minimum Gasteiger partial charge on any atom is -0.445 e.